The van der Waals surface area contributed by atoms with Gasteiger partial charge in [-0.25, -0.2) is 0 Å². The molecule has 1 aliphatic rings. The van der Waals surface area contributed by atoms with Gasteiger partial charge in [-0.1, -0.05) is 18.2 Å². The van der Waals surface area contributed by atoms with E-state index in [1.807, 2.05) is 24.3 Å². The molecule has 0 aliphatic carbocycles. The van der Waals surface area contributed by atoms with E-state index in [9.17, 15) is 5.11 Å². The van der Waals surface area contributed by atoms with Gasteiger partial charge in [-0.05, 0) is 44.3 Å². The summed E-state index contributed by atoms with van der Waals surface area (Å²) in [6.45, 7) is 3.07. The molecule has 1 fully saturated rings. The number of hydrogen-bond donors (Lipinski definition) is 2. The van der Waals surface area contributed by atoms with Crippen LogP contribution in [-0.2, 0) is 6.61 Å². The molecule has 0 amide bonds. The van der Waals surface area contributed by atoms with Crippen LogP contribution in [0.3, 0.4) is 0 Å². The van der Waals surface area contributed by atoms with Gasteiger partial charge in [0.2, 0.25) is 0 Å². The third-order valence-electron chi connectivity index (χ3n) is 3.39. The molecule has 0 unspecified atom stereocenters. The quantitative estimate of drug-likeness (QED) is 0.819. The van der Waals surface area contributed by atoms with Crippen molar-refractivity contribution >= 4 is 0 Å². The molecule has 1 aromatic carbocycles. The predicted octanol–water partition coefficient (Wildman–Crippen LogP) is 1.95. The Bertz CT molecular complexity index is 335. The number of rotatable bonds is 5. The summed E-state index contributed by atoms with van der Waals surface area (Å²) in [6, 6.07) is 7.69. The van der Waals surface area contributed by atoms with Gasteiger partial charge in [-0.3, -0.25) is 0 Å². The third kappa shape index (κ3) is 3.72. The highest BCUT2D eigenvalue weighted by Crippen LogP contribution is 2.20. The Hall–Kier alpha value is -1.06. The van der Waals surface area contributed by atoms with E-state index >= 15 is 0 Å². The highest BCUT2D eigenvalue weighted by atomic mass is 16.5. The number of piperidine rings is 1. The first kappa shape index (κ1) is 12.4. The summed E-state index contributed by atoms with van der Waals surface area (Å²) >= 11 is 0. The standard InChI is InChI=1S/C14H21NO2/c16-11-13-3-1-2-4-14(13)17-10-7-12-5-8-15-9-6-12/h1-4,12,15-16H,5-11H2. The Morgan fingerprint density at radius 1 is 1.24 bits per heavy atom. The first-order chi connectivity index (χ1) is 8.40. The highest BCUT2D eigenvalue weighted by Gasteiger charge is 2.12. The molecule has 0 spiro atoms. The first-order valence-corrected chi connectivity index (χ1v) is 6.42. The van der Waals surface area contributed by atoms with Gasteiger partial charge >= 0.3 is 0 Å². The van der Waals surface area contributed by atoms with Crippen molar-refractivity contribution in [3.63, 3.8) is 0 Å². The van der Waals surface area contributed by atoms with Gasteiger partial charge < -0.3 is 15.2 Å². The molecule has 2 rings (SSSR count). The summed E-state index contributed by atoms with van der Waals surface area (Å²) in [4.78, 5) is 0. The number of hydrogen-bond acceptors (Lipinski definition) is 3. The predicted molar refractivity (Wildman–Crippen MR) is 68.1 cm³/mol. The zero-order chi connectivity index (χ0) is 11.9. The second kappa shape index (κ2) is 6.62. The van der Waals surface area contributed by atoms with E-state index in [1.54, 1.807) is 0 Å². The first-order valence-electron chi connectivity index (χ1n) is 6.42. The maximum atomic E-state index is 9.18. The zero-order valence-electron chi connectivity index (χ0n) is 10.2. The zero-order valence-corrected chi connectivity index (χ0v) is 10.2. The molecular weight excluding hydrogens is 214 g/mol. The maximum absolute atomic E-state index is 9.18. The third-order valence-corrected chi connectivity index (χ3v) is 3.39. The fourth-order valence-corrected chi connectivity index (χ4v) is 2.28. The lowest BCUT2D eigenvalue weighted by molar-refractivity contribution is 0.237. The van der Waals surface area contributed by atoms with E-state index in [0.717, 1.165) is 43.3 Å². The molecule has 94 valence electrons. The van der Waals surface area contributed by atoms with Crippen LogP contribution in [0.5, 0.6) is 5.75 Å². The SMILES string of the molecule is OCc1ccccc1OCCC1CCNCC1. The number of ether oxygens (including phenoxy) is 1. The van der Waals surface area contributed by atoms with Gasteiger partial charge in [0.15, 0.2) is 0 Å². The number of para-hydroxylation sites is 1. The normalized spacial score (nSPS) is 17.0. The molecule has 1 saturated heterocycles. The van der Waals surface area contributed by atoms with E-state index in [4.69, 9.17) is 4.74 Å². The van der Waals surface area contributed by atoms with E-state index in [1.165, 1.54) is 12.8 Å². The summed E-state index contributed by atoms with van der Waals surface area (Å²) in [5.41, 5.74) is 0.873. The van der Waals surface area contributed by atoms with Crippen LogP contribution >= 0.6 is 0 Å². The molecule has 17 heavy (non-hydrogen) atoms. The summed E-state index contributed by atoms with van der Waals surface area (Å²) in [6.07, 6.45) is 3.62. The summed E-state index contributed by atoms with van der Waals surface area (Å²) in [5.74, 6) is 1.61. The van der Waals surface area contributed by atoms with Crippen LogP contribution in [0.25, 0.3) is 0 Å². The minimum Gasteiger partial charge on any atom is -0.493 e. The minimum absolute atomic E-state index is 0.0452. The fraction of sp³-hybridized carbons (Fsp3) is 0.571. The average Bonchev–Trinajstić information content (AvgIpc) is 2.40. The van der Waals surface area contributed by atoms with Crippen molar-refractivity contribution in [2.45, 2.75) is 25.9 Å². The molecule has 0 bridgehead atoms. The van der Waals surface area contributed by atoms with Crippen LogP contribution in [0.15, 0.2) is 24.3 Å². The number of nitrogens with one attached hydrogen (secondary N) is 1. The molecule has 3 nitrogen and oxygen atoms in total. The van der Waals surface area contributed by atoms with Crippen molar-refractivity contribution < 1.29 is 9.84 Å². The van der Waals surface area contributed by atoms with Crippen LogP contribution in [0.2, 0.25) is 0 Å². The molecule has 2 N–H and O–H groups in total. The summed E-state index contributed by atoms with van der Waals surface area (Å²) < 4.78 is 5.75. The molecule has 1 aromatic rings. The Morgan fingerprint density at radius 2 is 2.00 bits per heavy atom. The molecular formula is C14H21NO2. The minimum atomic E-state index is 0.0452. The topological polar surface area (TPSA) is 41.5 Å². The van der Waals surface area contributed by atoms with Crippen molar-refractivity contribution in [2.75, 3.05) is 19.7 Å². The molecule has 3 heteroatoms. The van der Waals surface area contributed by atoms with E-state index in [-0.39, 0.29) is 6.61 Å². The largest absolute Gasteiger partial charge is 0.493 e. The van der Waals surface area contributed by atoms with Crippen molar-refractivity contribution in [1.29, 1.82) is 0 Å². The Labute approximate surface area is 103 Å². The number of aliphatic hydroxyl groups is 1. The highest BCUT2D eigenvalue weighted by molar-refractivity contribution is 5.32. The lowest BCUT2D eigenvalue weighted by Gasteiger charge is -2.22. The van der Waals surface area contributed by atoms with Gasteiger partial charge in [-0.2, -0.15) is 0 Å². The summed E-state index contributed by atoms with van der Waals surface area (Å²) in [5, 5.41) is 12.5. The van der Waals surface area contributed by atoms with Crippen LogP contribution in [-0.4, -0.2) is 24.8 Å². The van der Waals surface area contributed by atoms with Crippen molar-refractivity contribution in [2.24, 2.45) is 5.92 Å². The molecule has 1 heterocycles. The molecule has 0 saturated carbocycles. The Balaban J connectivity index is 1.77. The van der Waals surface area contributed by atoms with Crippen LogP contribution in [0.1, 0.15) is 24.8 Å². The molecule has 0 aromatic heterocycles. The van der Waals surface area contributed by atoms with Crippen molar-refractivity contribution in [1.82, 2.24) is 5.32 Å². The van der Waals surface area contributed by atoms with Crippen molar-refractivity contribution in [3.05, 3.63) is 29.8 Å². The van der Waals surface area contributed by atoms with Crippen LogP contribution in [0, 0.1) is 5.92 Å². The lowest BCUT2D eigenvalue weighted by atomic mass is 9.95. The Morgan fingerprint density at radius 3 is 2.76 bits per heavy atom. The van der Waals surface area contributed by atoms with Crippen LogP contribution < -0.4 is 10.1 Å². The average molecular weight is 235 g/mol. The number of benzene rings is 1. The van der Waals surface area contributed by atoms with Crippen molar-refractivity contribution in [3.8, 4) is 5.75 Å². The van der Waals surface area contributed by atoms with Gasteiger partial charge in [0, 0.05) is 5.56 Å². The van der Waals surface area contributed by atoms with E-state index < -0.39 is 0 Å². The van der Waals surface area contributed by atoms with Crippen LogP contribution in [0.4, 0.5) is 0 Å². The fourth-order valence-electron chi connectivity index (χ4n) is 2.28. The Kier molecular flexibility index (Phi) is 4.83. The van der Waals surface area contributed by atoms with E-state index in [0.29, 0.717) is 0 Å². The van der Waals surface area contributed by atoms with Gasteiger partial charge in [0.1, 0.15) is 5.75 Å². The van der Waals surface area contributed by atoms with Gasteiger partial charge in [0.25, 0.3) is 0 Å². The van der Waals surface area contributed by atoms with E-state index in [2.05, 4.69) is 5.32 Å². The molecule has 1 aliphatic heterocycles. The summed E-state index contributed by atoms with van der Waals surface area (Å²) in [7, 11) is 0. The van der Waals surface area contributed by atoms with Gasteiger partial charge in [-0.15, -0.1) is 0 Å². The molecule has 0 atom stereocenters. The maximum Gasteiger partial charge on any atom is 0.124 e. The monoisotopic (exact) mass is 235 g/mol. The second-order valence-corrected chi connectivity index (χ2v) is 4.60. The smallest absolute Gasteiger partial charge is 0.124 e. The second-order valence-electron chi connectivity index (χ2n) is 4.60. The van der Waals surface area contributed by atoms with Gasteiger partial charge in [0.05, 0.1) is 13.2 Å². The molecule has 0 radical (unpaired) electrons. The number of aliphatic hydroxyl groups excluding tert-OH is 1. The lowest BCUT2D eigenvalue weighted by Crippen LogP contribution is -2.28.